The lowest BCUT2D eigenvalue weighted by Gasteiger charge is -2.13. The molecule has 0 aliphatic carbocycles. The SMILES string of the molecule is CN(C)C(=O)c1c(F)cccc1CN. The Bertz CT molecular complexity index is 350. The summed E-state index contributed by atoms with van der Waals surface area (Å²) in [5.74, 6) is -0.879. The summed E-state index contributed by atoms with van der Waals surface area (Å²) in [7, 11) is 3.16. The fraction of sp³-hybridized carbons (Fsp3) is 0.300. The molecule has 0 spiro atoms. The van der Waals surface area contributed by atoms with Crippen LogP contribution < -0.4 is 5.73 Å². The molecule has 14 heavy (non-hydrogen) atoms. The highest BCUT2D eigenvalue weighted by Gasteiger charge is 2.16. The van der Waals surface area contributed by atoms with E-state index in [1.165, 1.54) is 11.0 Å². The van der Waals surface area contributed by atoms with Crippen molar-refractivity contribution in [3.05, 3.63) is 35.1 Å². The summed E-state index contributed by atoms with van der Waals surface area (Å²) < 4.78 is 13.3. The molecule has 0 fully saturated rings. The molecule has 1 aromatic rings. The van der Waals surface area contributed by atoms with Crippen molar-refractivity contribution in [3.8, 4) is 0 Å². The van der Waals surface area contributed by atoms with Crippen molar-refractivity contribution in [1.29, 1.82) is 0 Å². The van der Waals surface area contributed by atoms with Crippen molar-refractivity contribution in [2.75, 3.05) is 14.1 Å². The van der Waals surface area contributed by atoms with Gasteiger partial charge in [-0.1, -0.05) is 12.1 Å². The number of halogens is 1. The molecule has 1 rings (SSSR count). The zero-order valence-corrected chi connectivity index (χ0v) is 8.25. The number of hydrogen-bond donors (Lipinski definition) is 1. The molecule has 0 aromatic heterocycles. The Morgan fingerprint density at radius 3 is 2.64 bits per heavy atom. The second-order valence-electron chi connectivity index (χ2n) is 3.18. The number of carbonyl (C=O) groups is 1. The number of rotatable bonds is 2. The average molecular weight is 196 g/mol. The number of nitrogens with two attached hydrogens (primary N) is 1. The van der Waals surface area contributed by atoms with Gasteiger partial charge in [-0.2, -0.15) is 0 Å². The van der Waals surface area contributed by atoms with Crippen LogP contribution in [0.15, 0.2) is 18.2 Å². The van der Waals surface area contributed by atoms with Crippen molar-refractivity contribution < 1.29 is 9.18 Å². The Balaban J connectivity index is 3.23. The number of hydrogen-bond acceptors (Lipinski definition) is 2. The molecule has 76 valence electrons. The fourth-order valence-electron chi connectivity index (χ4n) is 1.20. The first-order chi connectivity index (χ1) is 6.57. The van der Waals surface area contributed by atoms with Crippen LogP contribution in [0, 0.1) is 5.82 Å². The van der Waals surface area contributed by atoms with Crippen LogP contribution in [0.25, 0.3) is 0 Å². The zero-order valence-electron chi connectivity index (χ0n) is 8.25. The molecule has 2 N–H and O–H groups in total. The molecule has 3 nitrogen and oxygen atoms in total. The fourth-order valence-corrected chi connectivity index (χ4v) is 1.20. The van der Waals surface area contributed by atoms with Gasteiger partial charge in [-0.05, 0) is 11.6 Å². The monoisotopic (exact) mass is 196 g/mol. The predicted octanol–water partition coefficient (Wildman–Crippen LogP) is 0.986. The Hall–Kier alpha value is -1.42. The normalized spacial score (nSPS) is 10.0. The lowest BCUT2D eigenvalue weighted by molar-refractivity contribution is 0.0822. The van der Waals surface area contributed by atoms with Crippen LogP contribution in [0.5, 0.6) is 0 Å². The van der Waals surface area contributed by atoms with Crippen LogP contribution in [-0.4, -0.2) is 24.9 Å². The van der Waals surface area contributed by atoms with Crippen molar-refractivity contribution in [1.82, 2.24) is 4.90 Å². The highest BCUT2D eigenvalue weighted by atomic mass is 19.1. The highest BCUT2D eigenvalue weighted by Crippen LogP contribution is 2.14. The average Bonchev–Trinajstić information content (AvgIpc) is 2.16. The molecule has 1 aromatic carbocycles. The van der Waals surface area contributed by atoms with E-state index in [1.807, 2.05) is 0 Å². The standard InChI is InChI=1S/C10H13FN2O/c1-13(2)10(14)9-7(6-12)4-3-5-8(9)11/h3-5H,6,12H2,1-2H3. The topological polar surface area (TPSA) is 46.3 Å². The minimum absolute atomic E-state index is 0.0694. The van der Waals surface area contributed by atoms with E-state index in [1.54, 1.807) is 26.2 Å². The van der Waals surface area contributed by atoms with Crippen molar-refractivity contribution in [2.45, 2.75) is 6.54 Å². The van der Waals surface area contributed by atoms with Gasteiger partial charge < -0.3 is 10.6 Å². The van der Waals surface area contributed by atoms with Gasteiger partial charge in [-0.3, -0.25) is 4.79 Å². The van der Waals surface area contributed by atoms with E-state index < -0.39 is 5.82 Å². The van der Waals surface area contributed by atoms with E-state index in [9.17, 15) is 9.18 Å². The van der Waals surface area contributed by atoms with Gasteiger partial charge in [0.2, 0.25) is 0 Å². The van der Waals surface area contributed by atoms with Crippen LogP contribution in [0.1, 0.15) is 15.9 Å². The molecule has 0 saturated heterocycles. The maximum atomic E-state index is 13.3. The van der Waals surface area contributed by atoms with Crippen LogP contribution in [0.4, 0.5) is 4.39 Å². The molecule has 0 radical (unpaired) electrons. The summed E-state index contributed by atoms with van der Waals surface area (Å²) in [6.45, 7) is 0.159. The quantitative estimate of drug-likeness (QED) is 0.766. The molecular formula is C10H13FN2O. The summed E-state index contributed by atoms with van der Waals surface area (Å²) in [6.07, 6.45) is 0. The molecular weight excluding hydrogens is 183 g/mol. The summed E-state index contributed by atoms with van der Waals surface area (Å²) in [6, 6.07) is 4.46. The third-order valence-electron chi connectivity index (χ3n) is 1.94. The van der Waals surface area contributed by atoms with Crippen molar-refractivity contribution >= 4 is 5.91 Å². The molecule has 0 heterocycles. The van der Waals surface area contributed by atoms with E-state index in [-0.39, 0.29) is 18.0 Å². The smallest absolute Gasteiger partial charge is 0.256 e. The van der Waals surface area contributed by atoms with E-state index >= 15 is 0 Å². The van der Waals surface area contributed by atoms with Gasteiger partial charge in [0.05, 0.1) is 5.56 Å². The number of carbonyl (C=O) groups excluding carboxylic acids is 1. The van der Waals surface area contributed by atoms with E-state index in [0.717, 1.165) is 0 Å². The Kier molecular flexibility index (Phi) is 3.19. The molecule has 0 saturated carbocycles. The lowest BCUT2D eigenvalue weighted by atomic mass is 10.1. The third kappa shape index (κ3) is 1.90. The molecule has 1 amide bonds. The third-order valence-corrected chi connectivity index (χ3v) is 1.94. The van der Waals surface area contributed by atoms with Gasteiger partial charge in [-0.15, -0.1) is 0 Å². The second-order valence-corrected chi connectivity index (χ2v) is 3.18. The number of benzene rings is 1. The van der Waals surface area contributed by atoms with E-state index in [2.05, 4.69) is 0 Å². The summed E-state index contributed by atoms with van der Waals surface area (Å²) in [5, 5.41) is 0. The first-order valence-corrected chi connectivity index (χ1v) is 4.27. The van der Waals surface area contributed by atoms with Crippen LogP contribution in [-0.2, 0) is 6.54 Å². The molecule has 0 bridgehead atoms. The highest BCUT2D eigenvalue weighted by molar-refractivity contribution is 5.95. The Morgan fingerprint density at radius 1 is 1.50 bits per heavy atom. The molecule has 4 heteroatoms. The first kappa shape index (κ1) is 10.7. The Labute approximate surface area is 82.3 Å². The van der Waals surface area contributed by atoms with Gasteiger partial charge in [0, 0.05) is 20.6 Å². The maximum absolute atomic E-state index is 13.3. The summed E-state index contributed by atoms with van der Waals surface area (Å²) >= 11 is 0. The summed E-state index contributed by atoms with van der Waals surface area (Å²) in [5.41, 5.74) is 6.02. The van der Waals surface area contributed by atoms with Gasteiger partial charge >= 0.3 is 0 Å². The molecule has 0 aliphatic heterocycles. The van der Waals surface area contributed by atoms with Crippen LogP contribution >= 0.6 is 0 Å². The van der Waals surface area contributed by atoms with Gasteiger partial charge in [0.25, 0.3) is 5.91 Å². The molecule has 0 atom stereocenters. The van der Waals surface area contributed by atoms with E-state index in [4.69, 9.17) is 5.73 Å². The molecule has 0 unspecified atom stereocenters. The molecule has 0 aliphatic rings. The van der Waals surface area contributed by atoms with Crippen molar-refractivity contribution in [3.63, 3.8) is 0 Å². The number of nitrogens with zero attached hydrogens (tertiary/aromatic N) is 1. The minimum Gasteiger partial charge on any atom is -0.345 e. The first-order valence-electron chi connectivity index (χ1n) is 4.27. The zero-order chi connectivity index (χ0) is 10.7. The van der Waals surface area contributed by atoms with Crippen molar-refractivity contribution in [2.24, 2.45) is 5.73 Å². The van der Waals surface area contributed by atoms with Gasteiger partial charge in [-0.25, -0.2) is 4.39 Å². The predicted molar refractivity (Wildman–Crippen MR) is 52.3 cm³/mol. The minimum atomic E-state index is -0.522. The van der Waals surface area contributed by atoms with Crippen LogP contribution in [0.3, 0.4) is 0 Å². The maximum Gasteiger partial charge on any atom is 0.256 e. The largest absolute Gasteiger partial charge is 0.345 e. The Morgan fingerprint density at radius 2 is 2.14 bits per heavy atom. The van der Waals surface area contributed by atoms with Gasteiger partial charge in [0.15, 0.2) is 0 Å². The lowest BCUT2D eigenvalue weighted by Crippen LogP contribution is -2.24. The van der Waals surface area contributed by atoms with E-state index in [0.29, 0.717) is 5.56 Å². The second kappa shape index (κ2) is 4.19. The van der Waals surface area contributed by atoms with Gasteiger partial charge in [0.1, 0.15) is 5.82 Å². The summed E-state index contributed by atoms with van der Waals surface area (Å²) in [4.78, 5) is 12.9. The number of amides is 1. The van der Waals surface area contributed by atoms with Crippen LogP contribution in [0.2, 0.25) is 0 Å².